The summed E-state index contributed by atoms with van der Waals surface area (Å²) in [7, 11) is 0. The molecular weight excluding hydrogens is 164 g/mol. The van der Waals surface area contributed by atoms with Crippen molar-refractivity contribution in [2.75, 3.05) is 0 Å². The summed E-state index contributed by atoms with van der Waals surface area (Å²) in [5.41, 5.74) is 4.42. The topological polar surface area (TPSA) is 132 Å². The average molecular weight is 176 g/mol. The van der Waals surface area contributed by atoms with Crippen LogP contribution in [0.1, 0.15) is 13.8 Å². The Morgan fingerprint density at radius 2 is 2.00 bits per heavy atom. The summed E-state index contributed by atoms with van der Waals surface area (Å²) in [5.74, 6) is 3.29. The molecule has 0 atom stereocenters. The Hall–Kier alpha value is -1.50. The molecule has 0 aliphatic heterocycles. The summed E-state index contributed by atoms with van der Waals surface area (Å²) >= 11 is 0. The molecule has 0 rings (SSSR count). The van der Waals surface area contributed by atoms with Gasteiger partial charge in [0, 0.05) is 0 Å². The van der Waals surface area contributed by atoms with Gasteiger partial charge in [-0.05, 0) is 13.8 Å². The lowest BCUT2D eigenvalue weighted by Gasteiger charge is -2.07. The molecule has 0 bridgehead atoms. The third-order valence-corrected chi connectivity index (χ3v) is 0.648. The van der Waals surface area contributed by atoms with Crippen molar-refractivity contribution in [1.29, 1.82) is 5.53 Å². The van der Waals surface area contributed by atoms with Crippen molar-refractivity contribution in [1.82, 2.24) is 0 Å². The van der Waals surface area contributed by atoms with Crippen LogP contribution in [0.4, 0.5) is 0 Å². The van der Waals surface area contributed by atoms with E-state index in [1.54, 1.807) is 0 Å². The minimum absolute atomic E-state index is 0.944. The maximum absolute atomic E-state index is 9.77. The lowest BCUT2D eigenvalue weighted by atomic mass is 10.1. The van der Waals surface area contributed by atoms with Gasteiger partial charge >= 0.3 is 5.97 Å². The molecule has 0 radical (unpaired) electrons. The average Bonchev–Trinajstić information content (AvgIpc) is 1.88. The fraction of sp³-hybridized carbons (Fsp3) is 0.600. The molecule has 0 aliphatic carbocycles. The van der Waals surface area contributed by atoms with E-state index >= 15 is 0 Å². The van der Waals surface area contributed by atoms with Gasteiger partial charge in [-0.3, -0.25) is 0 Å². The first-order valence-corrected chi connectivity index (χ1v) is 2.90. The third kappa shape index (κ3) is 11.3. The highest BCUT2D eigenvalue weighted by Gasteiger charge is 2.21. The Bertz CT molecular complexity index is 172. The van der Waals surface area contributed by atoms with Crippen molar-refractivity contribution in [2.24, 2.45) is 16.1 Å². The summed E-state index contributed by atoms with van der Waals surface area (Å²) in [5, 5.41) is 22.1. The predicted molar refractivity (Wildman–Crippen MR) is 41.8 cm³/mol. The molecule has 0 saturated carbocycles. The van der Waals surface area contributed by atoms with E-state index in [2.05, 4.69) is 16.1 Å². The molecule has 7 nitrogen and oxygen atoms in total. The number of nitrogens with two attached hydrogens (primary N) is 1. The van der Waals surface area contributed by atoms with Gasteiger partial charge in [0.25, 0.3) is 0 Å². The minimum Gasteiger partial charge on any atom is -0.479 e. The second kappa shape index (κ2) is 6.23. The van der Waals surface area contributed by atoms with Crippen LogP contribution in [0, 0.1) is 5.53 Å². The molecule has 0 aromatic heterocycles. The smallest absolute Gasteiger partial charge is 0.335 e. The molecular formula is C5H12N4O3. The fourth-order valence-electron chi connectivity index (χ4n) is 0.0333. The Morgan fingerprint density at radius 3 is 2.00 bits per heavy atom. The molecule has 0 aliphatic rings. The molecule has 0 unspecified atom stereocenters. The van der Waals surface area contributed by atoms with Crippen molar-refractivity contribution >= 4 is 12.3 Å². The normalized spacial score (nSPS) is 10.2. The van der Waals surface area contributed by atoms with E-state index in [-0.39, 0.29) is 0 Å². The molecule has 0 amide bonds. The van der Waals surface area contributed by atoms with Crippen molar-refractivity contribution < 1.29 is 15.0 Å². The van der Waals surface area contributed by atoms with Gasteiger partial charge in [0.15, 0.2) is 11.9 Å². The summed E-state index contributed by atoms with van der Waals surface area (Å²) in [6, 6.07) is 0. The molecule has 0 saturated heterocycles. The zero-order valence-corrected chi connectivity index (χ0v) is 6.85. The van der Waals surface area contributed by atoms with Crippen molar-refractivity contribution in [3.05, 3.63) is 0 Å². The maximum Gasteiger partial charge on any atom is 0.335 e. The molecule has 0 heterocycles. The number of rotatable bonds is 2. The SMILES string of the molecule is CC(C)(O)C(=O)O.N=NC=NN. The highest BCUT2D eigenvalue weighted by molar-refractivity contribution is 5.75. The van der Waals surface area contributed by atoms with Gasteiger partial charge in [-0.2, -0.15) is 5.10 Å². The Balaban J connectivity index is 0. The summed E-state index contributed by atoms with van der Waals surface area (Å²) < 4.78 is 0. The zero-order chi connectivity index (χ0) is 10.2. The van der Waals surface area contributed by atoms with E-state index in [1.165, 1.54) is 13.8 Å². The van der Waals surface area contributed by atoms with Crippen molar-refractivity contribution in [3.63, 3.8) is 0 Å². The number of aliphatic carboxylic acids is 1. The van der Waals surface area contributed by atoms with Crippen LogP contribution in [-0.2, 0) is 4.79 Å². The maximum atomic E-state index is 9.77. The quantitative estimate of drug-likeness (QED) is 0.152. The molecule has 0 aromatic carbocycles. The van der Waals surface area contributed by atoms with Gasteiger partial charge in [0.05, 0.1) is 0 Å². The number of nitrogens with one attached hydrogen (secondary N) is 1. The monoisotopic (exact) mass is 176 g/mol. The largest absolute Gasteiger partial charge is 0.479 e. The van der Waals surface area contributed by atoms with Crippen LogP contribution < -0.4 is 5.84 Å². The molecule has 70 valence electrons. The van der Waals surface area contributed by atoms with Gasteiger partial charge in [-0.15, -0.1) is 5.11 Å². The van der Waals surface area contributed by atoms with Gasteiger partial charge in [-0.1, -0.05) is 0 Å². The number of carboxylic acids is 1. The Morgan fingerprint density at radius 1 is 1.67 bits per heavy atom. The van der Waals surface area contributed by atoms with Gasteiger partial charge in [0.1, 0.15) is 0 Å². The van der Waals surface area contributed by atoms with Crippen LogP contribution in [0.3, 0.4) is 0 Å². The second-order valence-electron chi connectivity index (χ2n) is 2.26. The number of carbonyl (C=O) groups is 1. The molecule has 0 aromatic rings. The molecule has 0 fully saturated rings. The van der Waals surface area contributed by atoms with E-state index in [0.717, 1.165) is 6.34 Å². The van der Waals surface area contributed by atoms with E-state index in [9.17, 15) is 4.79 Å². The summed E-state index contributed by atoms with van der Waals surface area (Å²) in [6.07, 6.45) is 0.944. The van der Waals surface area contributed by atoms with Gasteiger partial charge < -0.3 is 16.1 Å². The molecule has 12 heavy (non-hydrogen) atoms. The first kappa shape index (κ1) is 13.1. The van der Waals surface area contributed by atoms with Crippen LogP contribution in [0.25, 0.3) is 0 Å². The number of hydrogen-bond acceptors (Lipinski definition) is 5. The Kier molecular flexibility index (Phi) is 6.80. The number of hydrazone groups is 1. The summed E-state index contributed by atoms with van der Waals surface area (Å²) in [6.45, 7) is 2.44. The lowest BCUT2D eigenvalue weighted by Crippen LogP contribution is -2.30. The number of hydrogen-bond donors (Lipinski definition) is 4. The highest BCUT2D eigenvalue weighted by atomic mass is 16.4. The van der Waals surface area contributed by atoms with Crippen LogP contribution in [0.2, 0.25) is 0 Å². The number of nitrogens with zero attached hydrogens (tertiary/aromatic N) is 2. The Labute approximate surface area is 69.4 Å². The predicted octanol–water partition coefficient (Wildman–Crippen LogP) is -0.239. The van der Waals surface area contributed by atoms with Crippen LogP contribution in [0.5, 0.6) is 0 Å². The van der Waals surface area contributed by atoms with Crippen LogP contribution in [-0.4, -0.2) is 28.1 Å². The van der Waals surface area contributed by atoms with E-state index in [0.29, 0.717) is 0 Å². The van der Waals surface area contributed by atoms with E-state index < -0.39 is 11.6 Å². The zero-order valence-electron chi connectivity index (χ0n) is 6.85. The number of aliphatic hydroxyl groups is 1. The van der Waals surface area contributed by atoms with Crippen LogP contribution in [0.15, 0.2) is 10.2 Å². The van der Waals surface area contributed by atoms with Gasteiger partial charge in [-0.25, -0.2) is 10.3 Å². The van der Waals surface area contributed by atoms with Crippen molar-refractivity contribution in [2.45, 2.75) is 19.4 Å². The molecule has 5 N–H and O–H groups in total. The van der Waals surface area contributed by atoms with Crippen molar-refractivity contribution in [3.8, 4) is 0 Å². The highest BCUT2D eigenvalue weighted by Crippen LogP contribution is 1.97. The minimum atomic E-state index is -1.58. The third-order valence-electron chi connectivity index (χ3n) is 0.648. The van der Waals surface area contributed by atoms with Crippen LogP contribution >= 0.6 is 0 Å². The van der Waals surface area contributed by atoms with E-state index in [4.69, 9.17) is 15.7 Å². The number of carboxylic acid groups (broad SMARTS) is 1. The second-order valence-corrected chi connectivity index (χ2v) is 2.26. The van der Waals surface area contributed by atoms with Gasteiger partial charge in [0.2, 0.25) is 0 Å². The first-order chi connectivity index (χ1) is 5.36. The lowest BCUT2D eigenvalue weighted by molar-refractivity contribution is -0.154. The fourth-order valence-corrected chi connectivity index (χ4v) is 0.0333. The van der Waals surface area contributed by atoms with E-state index in [1.807, 2.05) is 0 Å². The molecule has 0 spiro atoms. The summed E-state index contributed by atoms with van der Waals surface area (Å²) in [4.78, 5) is 9.77. The first-order valence-electron chi connectivity index (χ1n) is 2.90. The standard InChI is InChI=1S/C4H8O3.CH4N4/c1-4(2,7)3(5)6;2-4-1-5-3/h7H,1-2H3,(H,5,6);1-2H,3H2. The molecule has 7 heteroatoms.